The molecule has 136 valence electrons. The highest BCUT2D eigenvalue weighted by Crippen LogP contribution is 2.35. The number of hydrogen-bond acceptors (Lipinski definition) is 5. The lowest BCUT2D eigenvalue weighted by Gasteiger charge is -2.37. The number of piperidine rings is 1. The van der Waals surface area contributed by atoms with Gasteiger partial charge in [0.15, 0.2) is 0 Å². The maximum Gasteiger partial charge on any atom is 0.410 e. The minimum Gasteiger partial charge on any atom is -0.441 e. The van der Waals surface area contributed by atoms with Gasteiger partial charge in [0.1, 0.15) is 11.4 Å². The molecule has 0 unspecified atom stereocenters. The van der Waals surface area contributed by atoms with Crippen LogP contribution in [0.25, 0.3) is 0 Å². The fraction of sp³-hybridized carbons (Fsp3) is 0.611. The molecule has 1 aromatic heterocycles. The molecule has 7 heteroatoms. The summed E-state index contributed by atoms with van der Waals surface area (Å²) in [7, 11) is 0. The molecule has 0 aromatic carbocycles. The standard InChI is InChI=1S/C18H26N4O3/c1-3-4-13(2)22-12-18(25-17(22)24)7-9-21(10-8-18)16(23)14-5-6-15(19)20-11-14/h5-6,11,13H,3-4,7-10,12H2,1-2H3,(H2,19,20)/t13-/m1/s1. The van der Waals surface area contributed by atoms with Gasteiger partial charge in [-0.3, -0.25) is 4.79 Å². The van der Waals surface area contributed by atoms with Crippen LogP contribution in [0, 0.1) is 0 Å². The van der Waals surface area contributed by atoms with Gasteiger partial charge in [-0.25, -0.2) is 9.78 Å². The smallest absolute Gasteiger partial charge is 0.410 e. The minimum atomic E-state index is -0.449. The van der Waals surface area contributed by atoms with Crippen molar-refractivity contribution < 1.29 is 14.3 Å². The summed E-state index contributed by atoms with van der Waals surface area (Å²) >= 11 is 0. The maximum absolute atomic E-state index is 12.6. The van der Waals surface area contributed by atoms with Crippen molar-refractivity contribution in [1.82, 2.24) is 14.8 Å². The van der Waals surface area contributed by atoms with Crippen LogP contribution in [0.3, 0.4) is 0 Å². The van der Waals surface area contributed by atoms with E-state index in [0.717, 1.165) is 12.8 Å². The molecule has 2 saturated heterocycles. The van der Waals surface area contributed by atoms with Crippen LogP contribution in [-0.4, -0.2) is 58.1 Å². The van der Waals surface area contributed by atoms with Crippen LogP contribution >= 0.6 is 0 Å². The second-order valence-electron chi connectivity index (χ2n) is 7.08. The van der Waals surface area contributed by atoms with Crippen molar-refractivity contribution in [3.05, 3.63) is 23.9 Å². The van der Waals surface area contributed by atoms with E-state index in [4.69, 9.17) is 10.5 Å². The number of nitrogens with two attached hydrogens (primary N) is 1. The summed E-state index contributed by atoms with van der Waals surface area (Å²) < 4.78 is 5.74. The number of amides is 2. The third kappa shape index (κ3) is 3.55. The van der Waals surface area contributed by atoms with Gasteiger partial charge >= 0.3 is 6.09 Å². The number of carbonyl (C=O) groups excluding carboxylic acids is 2. The first-order chi connectivity index (χ1) is 11.9. The van der Waals surface area contributed by atoms with Gasteiger partial charge in [0.05, 0.1) is 12.1 Å². The predicted molar refractivity (Wildman–Crippen MR) is 94.1 cm³/mol. The van der Waals surface area contributed by atoms with Crippen LogP contribution in [0.5, 0.6) is 0 Å². The SMILES string of the molecule is CCC[C@@H](C)N1CC2(CCN(C(=O)c3ccc(N)nc3)CC2)OC1=O. The molecule has 3 heterocycles. The number of pyridine rings is 1. The quantitative estimate of drug-likeness (QED) is 0.903. The molecule has 2 aliphatic heterocycles. The van der Waals surface area contributed by atoms with Crippen molar-refractivity contribution in [2.75, 3.05) is 25.4 Å². The molecule has 2 amide bonds. The molecular formula is C18H26N4O3. The highest BCUT2D eigenvalue weighted by Gasteiger charge is 2.48. The lowest BCUT2D eigenvalue weighted by molar-refractivity contribution is 0.00306. The van der Waals surface area contributed by atoms with E-state index in [1.165, 1.54) is 6.20 Å². The summed E-state index contributed by atoms with van der Waals surface area (Å²) in [5.41, 5.74) is 5.65. The molecule has 0 radical (unpaired) electrons. The number of rotatable bonds is 4. The van der Waals surface area contributed by atoms with Crippen molar-refractivity contribution in [2.24, 2.45) is 0 Å². The Hall–Kier alpha value is -2.31. The number of hydrogen-bond donors (Lipinski definition) is 1. The Bertz CT molecular complexity index is 638. The average Bonchev–Trinajstić information content (AvgIpc) is 2.92. The summed E-state index contributed by atoms with van der Waals surface area (Å²) in [6.45, 7) is 5.96. The number of ether oxygens (including phenoxy) is 1. The summed E-state index contributed by atoms with van der Waals surface area (Å²) in [5, 5.41) is 0. The zero-order valence-corrected chi connectivity index (χ0v) is 14.9. The fourth-order valence-electron chi connectivity index (χ4n) is 3.65. The van der Waals surface area contributed by atoms with Gasteiger partial charge in [-0.2, -0.15) is 0 Å². The van der Waals surface area contributed by atoms with E-state index < -0.39 is 5.60 Å². The number of nitrogen functional groups attached to an aromatic ring is 1. The summed E-state index contributed by atoms with van der Waals surface area (Å²) in [6.07, 6.45) is 4.63. The van der Waals surface area contributed by atoms with Crippen molar-refractivity contribution in [1.29, 1.82) is 0 Å². The summed E-state index contributed by atoms with van der Waals surface area (Å²) in [4.78, 5) is 32.4. The van der Waals surface area contributed by atoms with Crippen molar-refractivity contribution in [3.8, 4) is 0 Å². The first kappa shape index (κ1) is 17.5. The van der Waals surface area contributed by atoms with Gasteiger partial charge in [0.2, 0.25) is 0 Å². The van der Waals surface area contributed by atoms with E-state index >= 15 is 0 Å². The Morgan fingerprint density at radius 1 is 1.40 bits per heavy atom. The van der Waals surface area contributed by atoms with Crippen molar-refractivity contribution >= 4 is 17.8 Å². The number of anilines is 1. The fourth-order valence-corrected chi connectivity index (χ4v) is 3.65. The van der Waals surface area contributed by atoms with Crippen LogP contribution in [0.1, 0.15) is 49.9 Å². The zero-order valence-electron chi connectivity index (χ0n) is 14.9. The lowest BCUT2D eigenvalue weighted by atomic mass is 9.90. The highest BCUT2D eigenvalue weighted by molar-refractivity contribution is 5.94. The number of carbonyl (C=O) groups is 2. The Labute approximate surface area is 148 Å². The van der Waals surface area contributed by atoms with Crippen LogP contribution < -0.4 is 5.73 Å². The predicted octanol–water partition coefficient (Wildman–Crippen LogP) is 2.28. The molecule has 2 N–H and O–H groups in total. The molecule has 1 atom stereocenters. The number of aromatic nitrogens is 1. The molecule has 0 bridgehead atoms. The Balaban J connectivity index is 1.61. The Morgan fingerprint density at radius 3 is 2.72 bits per heavy atom. The molecule has 1 aromatic rings. The van der Waals surface area contributed by atoms with Gasteiger partial charge in [-0.15, -0.1) is 0 Å². The Morgan fingerprint density at radius 2 is 2.12 bits per heavy atom. The average molecular weight is 346 g/mol. The van der Waals surface area contributed by atoms with Crippen molar-refractivity contribution in [3.63, 3.8) is 0 Å². The third-order valence-electron chi connectivity index (χ3n) is 5.23. The van der Waals surface area contributed by atoms with Crippen LogP contribution in [-0.2, 0) is 4.74 Å². The van der Waals surface area contributed by atoms with Gasteiger partial charge < -0.3 is 20.3 Å². The molecule has 7 nitrogen and oxygen atoms in total. The van der Waals surface area contributed by atoms with E-state index in [0.29, 0.717) is 43.9 Å². The van der Waals surface area contributed by atoms with E-state index in [-0.39, 0.29) is 18.0 Å². The summed E-state index contributed by atoms with van der Waals surface area (Å²) in [5.74, 6) is 0.344. The second-order valence-corrected chi connectivity index (χ2v) is 7.08. The van der Waals surface area contributed by atoms with Gasteiger partial charge in [-0.05, 0) is 25.5 Å². The second kappa shape index (κ2) is 6.90. The van der Waals surface area contributed by atoms with E-state index in [1.54, 1.807) is 17.0 Å². The first-order valence-electron chi connectivity index (χ1n) is 8.94. The molecule has 3 rings (SSSR count). The molecule has 1 spiro atoms. The molecule has 25 heavy (non-hydrogen) atoms. The van der Waals surface area contributed by atoms with E-state index in [2.05, 4.69) is 18.8 Å². The minimum absolute atomic E-state index is 0.0529. The Kier molecular flexibility index (Phi) is 4.83. The third-order valence-corrected chi connectivity index (χ3v) is 5.23. The molecular weight excluding hydrogens is 320 g/mol. The van der Waals surface area contributed by atoms with Gasteiger partial charge in [0.25, 0.3) is 5.91 Å². The van der Waals surface area contributed by atoms with E-state index in [1.807, 2.05) is 4.90 Å². The largest absolute Gasteiger partial charge is 0.441 e. The topological polar surface area (TPSA) is 88.8 Å². The van der Waals surface area contributed by atoms with Crippen LogP contribution in [0.2, 0.25) is 0 Å². The molecule has 0 saturated carbocycles. The van der Waals surface area contributed by atoms with E-state index in [9.17, 15) is 9.59 Å². The van der Waals surface area contributed by atoms with Crippen LogP contribution in [0.15, 0.2) is 18.3 Å². The normalized spacial score (nSPS) is 20.6. The maximum atomic E-state index is 12.6. The first-order valence-corrected chi connectivity index (χ1v) is 8.94. The van der Waals surface area contributed by atoms with Gasteiger partial charge in [0, 0.05) is 38.2 Å². The monoisotopic (exact) mass is 346 g/mol. The molecule has 0 aliphatic carbocycles. The van der Waals surface area contributed by atoms with Crippen LogP contribution in [0.4, 0.5) is 10.6 Å². The number of nitrogens with zero attached hydrogens (tertiary/aromatic N) is 3. The summed E-state index contributed by atoms with van der Waals surface area (Å²) in [6, 6.07) is 3.51. The lowest BCUT2D eigenvalue weighted by Crippen LogP contribution is -2.49. The molecule has 2 aliphatic rings. The highest BCUT2D eigenvalue weighted by atomic mass is 16.6. The number of likely N-dealkylation sites (tertiary alicyclic amines) is 1. The van der Waals surface area contributed by atoms with Gasteiger partial charge in [-0.1, -0.05) is 13.3 Å². The zero-order chi connectivity index (χ0) is 18.0. The molecule has 2 fully saturated rings. The van der Waals surface area contributed by atoms with Crippen molar-refractivity contribution in [2.45, 2.75) is 51.2 Å².